The highest BCUT2D eigenvalue weighted by atomic mass is 16.5. The zero-order chi connectivity index (χ0) is 6.06. The summed E-state index contributed by atoms with van der Waals surface area (Å²) < 4.78 is 4.94. The third-order valence-corrected chi connectivity index (χ3v) is 3.11. The number of carbonyl (C=O) groups excluding carboxylic acids is 1. The molecule has 9 heavy (non-hydrogen) atoms. The molecule has 1 aliphatic heterocycles. The number of ether oxygens (including phenoxy) is 1. The minimum absolute atomic E-state index is 0.0729. The van der Waals surface area contributed by atoms with Crippen LogP contribution in [0.15, 0.2) is 0 Å². The molecule has 2 heteroatoms. The number of rotatable bonds is 0. The van der Waals surface area contributed by atoms with Crippen LogP contribution in [0.2, 0.25) is 0 Å². The van der Waals surface area contributed by atoms with Crippen molar-refractivity contribution in [3.05, 3.63) is 0 Å². The Hall–Kier alpha value is -0.530. The van der Waals surface area contributed by atoms with Gasteiger partial charge in [0.25, 0.3) is 0 Å². The lowest BCUT2D eigenvalue weighted by Gasteiger charge is -2.07. The quantitative estimate of drug-likeness (QED) is 0.441. The van der Waals surface area contributed by atoms with Crippen LogP contribution in [0.5, 0.6) is 0 Å². The van der Waals surface area contributed by atoms with Crippen molar-refractivity contribution in [2.24, 2.45) is 17.3 Å². The Morgan fingerprint density at radius 1 is 1.56 bits per heavy atom. The lowest BCUT2D eigenvalue weighted by molar-refractivity contribution is -0.148. The van der Waals surface area contributed by atoms with Crippen LogP contribution in [0.4, 0.5) is 0 Å². The zero-order valence-corrected chi connectivity index (χ0v) is 5.09. The van der Waals surface area contributed by atoms with Gasteiger partial charge in [-0.05, 0) is 18.3 Å². The molecule has 0 aromatic rings. The maximum absolute atomic E-state index is 10.8. The third-order valence-electron chi connectivity index (χ3n) is 3.11. The largest absolute Gasteiger partial charge is 0.465 e. The van der Waals surface area contributed by atoms with Crippen molar-refractivity contribution in [3.8, 4) is 0 Å². The van der Waals surface area contributed by atoms with Gasteiger partial charge in [-0.15, -0.1) is 0 Å². The van der Waals surface area contributed by atoms with Crippen molar-refractivity contribution in [2.45, 2.75) is 12.8 Å². The minimum atomic E-state index is 0.0729. The molecule has 1 heterocycles. The van der Waals surface area contributed by atoms with E-state index >= 15 is 0 Å². The molecule has 0 aromatic heterocycles. The van der Waals surface area contributed by atoms with Gasteiger partial charge in [-0.2, -0.15) is 0 Å². The van der Waals surface area contributed by atoms with Gasteiger partial charge < -0.3 is 4.74 Å². The van der Waals surface area contributed by atoms with Crippen LogP contribution in [0.1, 0.15) is 12.8 Å². The average Bonchev–Trinajstić information content (AvgIpc) is 2.64. The fraction of sp³-hybridized carbons (Fsp3) is 0.857. The van der Waals surface area contributed by atoms with Gasteiger partial charge in [-0.3, -0.25) is 4.79 Å². The van der Waals surface area contributed by atoms with Gasteiger partial charge in [0.1, 0.15) is 0 Å². The highest BCUT2D eigenvalue weighted by molar-refractivity contribution is 5.79. The van der Waals surface area contributed by atoms with E-state index in [-0.39, 0.29) is 5.97 Å². The Balaban J connectivity index is 1.99. The van der Waals surface area contributed by atoms with Crippen LogP contribution in [-0.2, 0) is 9.53 Å². The summed E-state index contributed by atoms with van der Waals surface area (Å²) in [7, 11) is 0. The molecule has 3 rings (SSSR count). The van der Waals surface area contributed by atoms with Gasteiger partial charge in [-0.1, -0.05) is 0 Å². The summed E-state index contributed by atoms with van der Waals surface area (Å²) >= 11 is 0. The van der Waals surface area contributed by atoms with Crippen molar-refractivity contribution < 1.29 is 9.53 Å². The highest BCUT2D eigenvalue weighted by Crippen LogP contribution is 2.76. The van der Waals surface area contributed by atoms with Crippen LogP contribution in [0.3, 0.4) is 0 Å². The molecule has 2 aliphatic carbocycles. The maximum atomic E-state index is 10.8. The second-order valence-electron chi connectivity index (χ2n) is 3.52. The van der Waals surface area contributed by atoms with Crippen LogP contribution in [0, 0.1) is 17.3 Å². The number of cyclic esters (lactones) is 1. The van der Waals surface area contributed by atoms with Gasteiger partial charge in [0.15, 0.2) is 0 Å². The summed E-state index contributed by atoms with van der Waals surface area (Å²) in [5, 5.41) is 0. The maximum Gasteiger partial charge on any atom is 0.309 e. The summed E-state index contributed by atoms with van der Waals surface area (Å²) in [6.07, 6.45) is 2.40. The molecule has 0 bridgehead atoms. The average molecular weight is 124 g/mol. The fourth-order valence-electron chi connectivity index (χ4n) is 2.22. The van der Waals surface area contributed by atoms with Gasteiger partial charge in [0.2, 0.25) is 0 Å². The topological polar surface area (TPSA) is 26.3 Å². The smallest absolute Gasteiger partial charge is 0.309 e. The van der Waals surface area contributed by atoms with Crippen molar-refractivity contribution >= 4 is 5.97 Å². The Bertz CT molecular complexity index is 199. The normalized spacial score (nSPS) is 59.3. The Morgan fingerprint density at radius 3 is 3.22 bits per heavy atom. The van der Waals surface area contributed by atoms with Crippen molar-refractivity contribution in [1.29, 1.82) is 0 Å². The highest BCUT2D eigenvalue weighted by Gasteiger charge is 2.75. The van der Waals surface area contributed by atoms with Crippen LogP contribution >= 0.6 is 0 Å². The van der Waals surface area contributed by atoms with Crippen molar-refractivity contribution in [1.82, 2.24) is 0 Å². The number of hydrogen-bond acceptors (Lipinski definition) is 2. The molecular formula is C7H8O2. The van der Waals surface area contributed by atoms with Gasteiger partial charge in [-0.25, -0.2) is 0 Å². The van der Waals surface area contributed by atoms with E-state index < -0.39 is 0 Å². The third kappa shape index (κ3) is 0.319. The molecule has 0 N–H and O–H groups in total. The first-order chi connectivity index (χ1) is 4.33. The van der Waals surface area contributed by atoms with Crippen molar-refractivity contribution in [3.63, 3.8) is 0 Å². The monoisotopic (exact) mass is 124 g/mol. The summed E-state index contributed by atoms with van der Waals surface area (Å²) in [5.74, 6) is 1.17. The Labute approximate surface area is 53.2 Å². The summed E-state index contributed by atoms with van der Waals surface area (Å²) in [6, 6.07) is 0. The molecule has 1 spiro atoms. The minimum Gasteiger partial charge on any atom is -0.465 e. The van der Waals surface area contributed by atoms with E-state index in [1.165, 1.54) is 6.42 Å². The standard InChI is InChI=1S/C7H8O2/c8-6-5-2-7(5)1-4(7)3-9-6/h4-5H,1-3H2/t4-,5-,7+/m1/s1. The molecule has 2 nitrogen and oxygen atoms in total. The second kappa shape index (κ2) is 0.917. The predicted molar refractivity (Wildman–Crippen MR) is 29.6 cm³/mol. The van der Waals surface area contributed by atoms with E-state index in [0.717, 1.165) is 18.9 Å². The number of carbonyl (C=O) groups is 1. The van der Waals surface area contributed by atoms with E-state index in [2.05, 4.69) is 0 Å². The van der Waals surface area contributed by atoms with Crippen LogP contribution < -0.4 is 0 Å². The van der Waals surface area contributed by atoms with Gasteiger partial charge >= 0.3 is 5.97 Å². The molecule has 3 fully saturated rings. The fourth-order valence-corrected chi connectivity index (χ4v) is 2.22. The number of esters is 1. The number of hydrogen-bond donors (Lipinski definition) is 0. The van der Waals surface area contributed by atoms with Gasteiger partial charge in [0, 0.05) is 5.92 Å². The van der Waals surface area contributed by atoms with Crippen LogP contribution in [0.25, 0.3) is 0 Å². The lowest BCUT2D eigenvalue weighted by atomic mass is 10.2. The molecule has 48 valence electrons. The predicted octanol–water partition coefficient (Wildman–Crippen LogP) is 0.569. The molecule has 3 atom stereocenters. The summed E-state index contributed by atoms with van der Waals surface area (Å²) in [5.41, 5.74) is 0.509. The second-order valence-corrected chi connectivity index (χ2v) is 3.52. The van der Waals surface area contributed by atoms with E-state index in [9.17, 15) is 4.79 Å². The molecule has 0 radical (unpaired) electrons. The van der Waals surface area contributed by atoms with E-state index in [0.29, 0.717) is 11.3 Å². The van der Waals surface area contributed by atoms with Crippen LogP contribution in [-0.4, -0.2) is 12.6 Å². The first-order valence-electron chi connectivity index (χ1n) is 3.49. The first kappa shape index (κ1) is 4.31. The zero-order valence-electron chi connectivity index (χ0n) is 5.09. The molecule has 1 saturated heterocycles. The molecule has 2 saturated carbocycles. The Kier molecular flexibility index (Phi) is 0.439. The first-order valence-corrected chi connectivity index (χ1v) is 3.49. The summed E-state index contributed by atoms with van der Waals surface area (Å²) in [6.45, 7) is 0.718. The Morgan fingerprint density at radius 2 is 2.44 bits per heavy atom. The molecule has 0 amide bonds. The van der Waals surface area contributed by atoms with E-state index in [4.69, 9.17) is 4.74 Å². The molecule has 3 aliphatic rings. The van der Waals surface area contributed by atoms with Gasteiger partial charge in [0.05, 0.1) is 12.5 Å². The summed E-state index contributed by atoms with van der Waals surface area (Å²) in [4.78, 5) is 10.8. The van der Waals surface area contributed by atoms with Crippen molar-refractivity contribution in [2.75, 3.05) is 6.61 Å². The lowest BCUT2D eigenvalue weighted by Crippen LogP contribution is -2.16. The molecule has 0 aromatic carbocycles. The SMILES string of the molecule is O=C1OC[C@H]2C[C@]23C[C@H]13. The van der Waals surface area contributed by atoms with E-state index in [1.54, 1.807) is 0 Å². The van der Waals surface area contributed by atoms with E-state index in [1.807, 2.05) is 0 Å². The molecular weight excluding hydrogens is 116 g/mol. The molecule has 0 unspecified atom stereocenters.